The Kier molecular flexibility index (Phi) is 12.2. The second-order valence-electron chi connectivity index (χ2n) is 12.0. The Bertz CT molecular complexity index is 1870. The molecule has 2 heterocycles. The van der Waals surface area contributed by atoms with Gasteiger partial charge >= 0.3 is 17.8 Å². The summed E-state index contributed by atoms with van der Waals surface area (Å²) in [5, 5.41) is 18.4. The fourth-order valence-corrected chi connectivity index (χ4v) is 5.58. The van der Waals surface area contributed by atoms with Gasteiger partial charge in [0.05, 0.1) is 12.0 Å². The number of amides is 5. The highest BCUT2D eigenvalue weighted by molar-refractivity contribution is 6.00. The van der Waals surface area contributed by atoms with Crippen LogP contribution >= 0.6 is 0 Å². The van der Waals surface area contributed by atoms with E-state index in [-0.39, 0.29) is 36.9 Å². The van der Waals surface area contributed by atoms with Crippen molar-refractivity contribution in [3.8, 4) is 0 Å². The summed E-state index contributed by atoms with van der Waals surface area (Å²) in [4.78, 5) is 88.9. The quantitative estimate of drug-likeness (QED) is 0.165. The number of hydrogen-bond acceptors (Lipinski definition) is 8. The predicted molar refractivity (Wildman–Crippen MR) is 175 cm³/mol. The van der Waals surface area contributed by atoms with Crippen molar-refractivity contribution in [3.05, 3.63) is 76.1 Å². The molecule has 5 N–H and O–H groups in total. The number of nitrogens with one attached hydrogen (secondary N) is 4. The first-order chi connectivity index (χ1) is 24.0. The van der Waals surface area contributed by atoms with E-state index in [1.54, 1.807) is 30.3 Å². The first-order valence-corrected chi connectivity index (χ1v) is 16.0. The Hall–Kier alpha value is -5.74. The van der Waals surface area contributed by atoms with Crippen molar-refractivity contribution in [2.45, 2.75) is 76.3 Å². The normalized spacial score (nSPS) is 16.1. The third-order valence-corrected chi connectivity index (χ3v) is 8.14. The van der Waals surface area contributed by atoms with Crippen LogP contribution in [0.1, 0.15) is 50.7 Å². The molecule has 1 aliphatic rings. The first-order valence-electron chi connectivity index (χ1n) is 16.0. The molecular formula is C34H36F3N5O9. The Labute approximate surface area is 288 Å². The standard InChI is InChI=1S/C34H36F3N5O9/c1-18(38-27(43)12-13-28(44)45)30(47)39-19(2)33(50)42-14-6-9-25(42)32(49)41-24(15-20-7-4-3-5-8-20)31(48)40-21-10-11-22-23(34(35,36)37)17-29(46)51-26(22)16-21/h3-5,7-8,10-11,16-19,24-25H,6,9,12-15H2,1-2H3,(H,38,43)(H,39,47)(H,40,48)(H,41,49)(H,44,45)/t18-,19-,24-,25-/m0/s1. The smallest absolute Gasteiger partial charge is 0.417 e. The fraction of sp³-hybridized carbons (Fsp3) is 0.382. The van der Waals surface area contributed by atoms with Gasteiger partial charge in [0.25, 0.3) is 0 Å². The number of halogens is 3. The van der Waals surface area contributed by atoms with Crippen LogP contribution in [0.2, 0.25) is 0 Å². The Morgan fingerprint density at radius 1 is 0.922 bits per heavy atom. The topological polar surface area (TPSA) is 204 Å². The lowest BCUT2D eigenvalue weighted by molar-refractivity contribution is -0.142. The molecule has 17 heteroatoms. The molecule has 1 aliphatic heterocycles. The molecule has 0 bridgehead atoms. The monoisotopic (exact) mass is 715 g/mol. The largest absolute Gasteiger partial charge is 0.481 e. The Balaban J connectivity index is 1.46. The van der Waals surface area contributed by atoms with E-state index in [1.807, 2.05) is 0 Å². The lowest BCUT2D eigenvalue weighted by atomic mass is 10.0. The molecule has 272 valence electrons. The van der Waals surface area contributed by atoms with Crippen molar-refractivity contribution in [2.75, 3.05) is 11.9 Å². The van der Waals surface area contributed by atoms with Gasteiger partial charge in [-0.05, 0) is 44.4 Å². The van der Waals surface area contributed by atoms with Crippen LogP contribution in [-0.4, -0.2) is 76.2 Å². The zero-order valence-electron chi connectivity index (χ0n) is 27.5. The van der Waals surface area contributed by atoms with Crippen molar-refractivity contribution < 1.29 is 51.5 Å². The molecule has 1 fully saturated rings. The number of fused-ring (bicyclic) bond motifs is 1. The zero-order valence-corrected chi connectivity index (χ0v) is 27.5. The van der Waals surface area contributed by atoms with Crippen molar-refractivity contribution >= 4 is 52.2 Å². The molecule has 0 aliphatic carbocycles. The van der Waals surface area contributed by atoms with Crippen molar-refractivity contribution in [1.82, 2.24) is 20.9 Å². The number of carbonyl (C=O) groups excluding carboxylic acids is 5. The number of nitrogens with zero attached hydrogens (tertiary/aromatic N) is 1. The molecule has 14 nitrogen and oxygen atoms in total. The summed E-state index contributed by atoms with van der Waals surface area (Å²) in [5.41, 5.74) is -2.17. The van der Waals surface area contributed by atoms with Gasteiger partial charge < -0.3 is 35.7 Å². The average molecular weight is 716 g/mol. The van der Waals surface area contributed by atoms with Gasteiger partial charge in [0.15, 0.2) is 0 Å². The van der Waals surface area contributed by atoms with E-state index in [0.717, 1.165) is 12.1 Å². The molecule has 1 aromatic heterocycles. The van der Waals surface area contributed by atoms with E-state index in [0.29, 0.717) is 18.1 Å². The summed E-state index contributed by atoms with van der Waals surface area (Å²) >= 11 is 0. The van der Waals surface area contributed by atoms with Crippen LogP contribution in [0.25, 0.3) is 11.0 Å². The lowest BCUT2D eigenvalue weighted by Crippen LogP contribution is -2.56. The summed E-state index contributed by atoms with van der Waals surface area (Å²) in [6.45, 7) is 2.95. The highest BCUT2D eigenvalue weighted by Gasteiger charge is 2.38. The van der Waals surface area contributed by atoms with Gasteiger partial charge in [0.1, 0.15) is 29.8 Å². The maximum absolute atomic E-state index is 13.6. The summed E-state index contributed by atoms with van der Waals surface area (Å²) in [5.74, 6) is -4.53. The number of carboxylic acid groups (broad SMARTS) is 1. The molecule has 4 rings (SSSR count). The number of carboxylic acids is 1. The number of benzene rings is 2. The van der Waals surface area contributed by atoms with E-state index in [9.17, 15) is 46.7 Å². The fourth-order valence-electron chi connectivity index (χ4n) is 5.58. The maximum atomic E-state index is 13.6. The number of anilines is 1. The molecule has 0 unspecified atom stereocenters. The highest BCUT2D eigenvalue weighted by Crippen LogP contribution is 2.34. The predicted octanol–water partition coefficient (Wildman–Crippen LogP) is 2.34. The van der Waals surface area contributed by atoms with E-state index in [1.165, 1.54) is 24.8 Å². The summed E-state index contributed by atoms with van der Waals surface area (Å²) in [6, 6.07) is 7.90. The number of likely N-dealkylation sites (tertiary alicyclic amines) is 1. The molecule has 0 radical (unpaired) electrons. The minimum absolute atomic E-state index is 0.00248. The minimum atomic E-state index is -4.83. The van der Waals surface area contributed by atoms with Gasteiger partial charge in [-0.25, -0.2) is 4.79 Å². The highest BCUT2D eigenvalue weighted by atomic mass is 19.4. The summed E-state index contributed by atoms with van der Waals surface area (Å²) < 4.78 is 45.5. The van der Waals surface area contributed by atoms with Crippen molar-refractivity contribution in [2.24, 2.45) is 0 Å². The van der Waals surface area contributed by atoms with Gasteiger partial charge in [-0.2, -0.15) is 13.2 Å². The molecule has 5 amide bonds. The third-order valence-electron chi connectivity index (χ3n) is 8.14. The SMILES string of the molecule is C[C@H](NC(=O)CCC(=O)O)C(=O)N[C@@H](C)C(=O)N1CCC[C@H]1C(=O)N[C@@H](Cc1ccccc1)C(=O)Nc1ccc2c(C(F)(F)F)cc(=O)oc2c1. The van der Waals surface area contributed by atoms with E-state index >= 15 is 0 Å². The van der Waals surface area contributed by atoms with Crippen LogP contribution in [-0.2, 0) is 41.4 Å². The summed E-state index contributed by atoms with van der Waals surface area (Å²) in [7, 11) is 0. The molecule has 0 saturated carbocycles. The Morgan fingerprint density at radius 3 is 2.29 bits per heavy atom. The third kappa shape index (κ3) is 10.1. The molecule has 2 aromatic carbocycles. The maximum Gasteiger partial charge on any atom is 0.417 e. The first kappa shape index (κ1) is 38.1. The zero-order chi connectivity index (χ0) is 37.5. The van der Waals surface area contributed by atoms with E-state index in [4.69, 9.17) is 9.52 Å². The number of hydrogen-bond donors (Lipinski definition) is 5. The van der Waals surface area contributed by atoms with E-state index < -0.39 is 89.0 Å². The molecule has 4 atom stereocenters. The van der Waals surface area contributed by atoms with Gasteiger partial charge in [-0.15, -0.1) is 0 Å². The van der Waals surface area contributed by atoms with Gasteiger partial charge in [-0.3, -0.25) is 28.8 Å². The second-order valence-corrected chi connectivity index (χ2v) is 12.0. The van der Waals surface area contributed by atoms with Crippen LogP contribution in [0.4, 0.5) is 18.9 Å². The second kappa shape index (κ2) is 16.3. The van der Waals surface area contributed by atoms with Crippen molar-refractivity contribution in [3.63, 3.8) is 0 Å². The van der Waals surface area contributed by atoms with Crippen LogP contribution in [0.15, 0.2) is 63.8 Å². The summed E-state index contributed by atoms with van der Waals surface area (Å²) in [6.07, 6.45) is -4.89. The Morgan fingerprint density at radius 2 is 1.63 bits per heavy atom. The van der Waals surface area contributed by atoms with Gasteiger partial charge in [0, 0.05) is 42.6 Å². The number of aliphatic carboxylic acids is 1. The minimum Gasteiger partial charge on any atom is -0.481 e. The lowest BCUT2D eigenvalue weighted by Gasteiger charge is -2.29. The molecule has 3 aromatic rings. The molecule has 51 heavy (non-hydrogen) atoms. The van der Waals surface area contributed by atoms with Gasteiger partial charge in [-0.1, -0.05) is 30.3 Å². The van der Waals surface area contributed by atoms with Crippen LogP contribution in [0.3, 0.4) is 0 Å². The molecule has 1 saturated heterocycles. The molecule has 0 spiro atoms. The average Bonchev–Trinajstić information content (AvgIpc) is 3.56. The number of alkyl halides is 3. The van der Waals surface area contributed by atoms with Crippen LogP contribution < -0.4 is 26.9 Å². The van der Waals surface area contributed by atoms with Gasteiger partial charge in [0.2, 0.25) is 29.5 Å². The number of carbonyl (C=O) groups is 6. The van der Waals surface area contributed by atoms with Crippen LogP contribution in [0.5, 0.6) is 0 Å². The van der Waals surface area contributed by atoms with Crippen LogP contribution in [0, 0.1) is 0 Å². The van der Waals surface area contributed by atoms with E-state index in [2.05, 4.69) is 21.3 Å². The van der Waals surface area contributed by atoms with Crippen molar-refractivity contribution in [1.29, 1.82) is 0 Å². The number of rotatable bonds is 13. The molecular weight excluding hydrogens is 679 g/mol.